The van der Waals surface area contributed by atoms with Gasteiger partial charge in [-0.25, -0.2) is 8.78 Å². The fraction of sp³-hybridized carbons (Fsp3) is 0.200. The molecule has 2 rings (SSSR count). The molecule has 1 unspecified atom stereocenters. The zero-order valence-corrected chi connectivity index (χ0v) is 11.6. The number of para-hydroxylation sites is 1. The molecule has 1 atom stereocenters. The Bertz CT molecular complexity index is 599. The predicted octanol–water partition coefficient (Wildman–Crippen LogP) is 4.17. The first-order chi connectivity index (χ1) is 9.50. The molecule has 0 heterocycles. The predicted molar refractivity (Wildman–Crippen MR) is 74.7 cm³/mol. The van der Waals surface area contributed by atoms with Crippen LogP contribution in [0.15, 0.2) is 36.4 Å². The number of phenols is 1. The summed E-state index contributed by atoms with van der Waals surface area (Å²) >= 11 is 5.80. The number of aromatic hydroxyl groups is 1. The van der Waals surface area contributed by atoms with Gasteiger partial charge in [-0.2, -0.15) is 0 Å². The summed E-state index contributed by atoms with van der Waals surface area (Å²) in [6, 6.07) is 8.19. The lowest BCUT2D eigenvalue weighted by molar-refractivity contribution is 0.453. The second-order valence-electron chi connectivity index (χ2n) is 4.49. The van der Waals surface area contributed by atoms with Crippen LogP contribution in [0.3, 0.4) is 0 Å². The summed E-state index contributed by atoms with van der Waals surface area (Å²) in [5, 5.41) is 13.0. The minimum Gasteiger partial charge on any atom is -0.506 e. The van der Waals surface area contributed by atoms with E-state index in [-0.39, 0.29) is 22.9 Å². The molecular formula is C15H14ClF2NO. The maximum absolute atomic E-state index is 13.6. The van der Waals surface area contributed by atoms with Crippen molar-refractivity contribution in [2.45, 2.75) is 19.5 Å². The number of phenolic OH excluding ortho intramolecular Hbond substituents is 1. The standard InChI is InChI=1S/C15H14ClF2NO/c1-9(14-12(17)6-3-7-13(14)18)19-8-10-4-2-5-11(16)15(10)20/h2-7,9,19-20H,8H2,1H3. The SMILES string of the molecule is CC(NCc1cccc(Cl)c1O)c1c(F)cccc1F. The lowest BCUT2D eigenvalue weighted by Crippen LogP contribution is -2.20. The van der Waals surface area contributed by atoms with Gasteiger partial charge in [0.2, 0.25) is 0 Å². The van der Waals surface area contributed by atoms with Crippen molar-refractivity contribution in [2.75, 3.05) is 0 Å². The summed E-state index contributed by atoms with van der Waals surface area (Å²) in [6.07, 6.45) is 0. The van der Waals surface area contributed by atoms with Crippen LogP contribution in [0.4, 0.5) is 8.78 Å². The van der Waals surface area contributed by atoms with Gasteiger partial charge in [-0.15, -0.1) is 0 Å². The Kier molecular flexibility index (Phi) is 4.57. The van der Waals surface area contributed by atoms with Gasteiger partial charge in [-0.1, -0.05) is 29.8 Å². The van der Waals surface area contributed by atoms with Gasteiger partial charge < -0.3 is 10.4 Å². The Morgan fingerprint density at radius 2 is 1.75 bits per heavy atom. The Labute approximate surface area is 121 Å². The van der Waals surface area contributed by atoms with Crippen molar-refractivity contribution in [3.8, 4) is 5.75 Å². The zero-order chi connectivity index (χ0) is 14.7. The van der Waals surface area contributed by atoms with E-state index in [1.807, 2.05) is 0 Å². The smallest absolute Gasteiger partial charge is 0.138 e. The van der Waals surface area contributed by atoms with Gasteiger partial charge in [0, 0.05) is 23.7 Å². The molecule has 20 heavy (non-hydrogen) atoms. The van der Waals surface area contributed by atoms with E-state index in [4.69, 9.17) is 11.6 Å². The molecule has 0 aliphatic rings. The van der Waals surface area contributed by atoms with Crippen molar-refractivity contribution in [1.29, 1.82) is 0 Å². The minimum atomic E-state index is -0.597. The minimum absolute atomic E-state index is 0.0194. The fourth-order valence-electron chi connectivity index (χ4n) is 1.99. The highest BCUT2D eigenvalue weighted by molar-refractivity contribution is 6.32. The summed E-state index contributed by atoms with van der Waals surface area (Å²) in [5.74, 6) is -1.22. The van der Waals surface area contributed by atoms with Gasteiger partial charge in [0.25, 0.3) is 0 Å². The maximum Gasteiger partial charge on any atom is 0.138 e. The molecule has 0 saturated heterocycles. The lowest BCUT2D eigenvalue weighted by atomic mass is 10.1. The average molecular weight is 298 g/mol. The van der Waals surface area contributed by atoms with Crippen molar-refractivity contribution in [2.24, 2.45) is 0 Å². The second kappa shape index (κ2) is 6.20. The zero-order valence-electron chi connectivity index (χ0n) is 10.8. The van der Waals surface area contributed by atoms with Crippen LogP contribution in [-0.4, -0.2) is 5.11 Å². The van der Waals surface area contributed by atoms with E-state index < -0.39 is 17.7 Å². The number of nitrogens with one attached hydrogen (secondary N) is 1. The summed E-state index contributed by atoms with van der Waals surface area (Å²) in [4.78, 5) is 0. The molecule has 0 aliphatic heterocycles. The Balaban J connectivity index is 2.13. The molecule has 2 aromatic rings. The van der Waals surface area contributed by atoms with E-state index in [0.717, 1.165) is 0 Å². The molecule has 0 aromatic heterocycles. The molecule has 0 bridgehead atoms. The number of halogens is 3. The van der Waals surface area contributed by atoms with E-state index in [2.05, 4.69) is 5.32 Å². The maximum atomic E-state index is 13.6. The quantitative estimate of drug-likeness (QED) is 0.887. The van der Waals surface area contributed by atoms with Gasteiger partial charge in [0.05, 0.1) is 5.02 Å². The van der Waals surface area contributed by atoms with Gasteiger partial charge in [0.15, 0.2) is 0 Å². The first-order valence-electron chi connectivity index (χ1n) is 6.14. The molecule has 106 valence electrons. The largest absolute Gasteiger partial charge is 0.506 e. The summed E-state index contributed by atoms with van der Waals surface area (Å²) in [5.41, 5.74) is 0.551. The van der Waals surface area contributed by atoms with Gasteiger partial charge >= 0.3 is 0 Å². The van der Waals surface area contributed by atoms with Crippen molar-refractivity contribution in [3.63, 3.8) is 0 Å². The molecule has 0 fully saturated rings. The van der Waals surface area contributed by atoms with E-state index in [9.17, 15) is 13.9 Å². The number of benzene rings is 2. The van der Waals surface area contributed by atoms with E-state index in [0.29, 0.717) is 5.56 Å². The highest BCUT2D eigenvalue weighted by atomic mass is 35.5. The number of rotatable bonds is 4. The van der Waals surface area contributed by atoms with Crippen LogP contribution >= 0.6 is 11.6 Å². The fourth-order valence-corrected chi connectivity index (χ4v) is 2.19. The summed E-state index contributed by atoms with van der Waals surface area (Å²) in [6.45, 7) is 1.91. The molecule has 2 aromatic carbocycles. The van der Waals surface area contributed by atoms with E-state index >= 15 is 0 Å². The van der Waals surface area contributed by atoms with Crippen molar-refractivity contribution < 1.29 is 13.9 Å². The lowest BCUT2D eigenvalue weighted by Gasteiger charge is -2.16. The second-order valence-corrected chi connectivity index (χ2v) is 4.89. The third-order valence-electron chi connectivity index (χ3n) is 3.10. The van der Waals surface area contributed by atoms with Crippen molar-refractivity contribution in [1.82, 2.24) is 5.32 Å². The van der Waals surface area contributed by atoms with Crippen LogP contribution in [-0.2, 0) is 6.54 Å². The Morgan fingerprint density at radius 1 is 1.15 bits per heavy atom. The number of hydrogen-bond acceptors (Lipinski definition) is 2. The molecule has 5 heteroatoms. The normalized spacial score (nSPS) is 12.4. The van der Waals surface area contributed by atoms with Crippen LogP contribution in [0.5, 0.6) is 5.75 Å². The summed E-state index contributed by atoms with van der Waals surface area (Å²) in [7, 11) is 0. The van der Waals surface area contributed by atoms with Crippen molar-refractivity contribution >= 4 is 11.6 Å². The van der Waals surface area contributed by atoms with Crippen LogP contribution < -0.4 is 5.32 Å². The molecule has 2 nitrogen and oxygen atoms in total. The van der Waals surface area contributed by atoms with Gasteiger partial charge in [0.1, 0.15) is 17.4 Å². The van der Waals surface area contributed by atoms with Crippen LogP contribution in [0, 0.1) is 11.6 Å². The van der Waals surface area contributed by atoms with Gasteiger partial charge in [-0.3, -0.25) is 0 Å². The third-order valence-corrected chi connectivity index (χ3v) is 3.41. The van der Waals surface area contributed by atoms with E-state index in [1.165, 1.54) is 18.2 Å². The summed E-state index contributed by atoms with van der Waals surface area (Å²) < 4.78 is 27.2. The highest BCUT2D eigenvalue weighted by Crippen LogP contribution is 2.27. The van der Waals surface area contributed by atoms with Crippen LogP contribution in [0.2, 0.25) is 5.02 Å². The van der Waals surface area contributed by atoms with Crippen molar-refractivity contribution in [3.05, 3.63) is 64.2 Å². The molecular weight excluding hydrogens is 284 g/mol. The first-order valence-corrected chi connectivity index (χ1v) is 6.52. The highest BCUT2D eigenvalue weighted by Gasteiger charge is 2.16. The number of hydrogen-bond donors (Lipinski definition) is 2. The van der Waals surface area contributed by atoms with Crippen LogP contribution in [0.1, 0.15) is 24.1 Å². The molecule has 0 aliphatic carbocycles. The molecule has 0 spiro atoms. The average Bonchev–Trinajstić information content (AvgIpc) is 2.40. The monoisotopic (exact) mass is 297 g/mol. The van der Waals surface area contributed by atoms with Crippen LogP contribution in [0.25, 0.3) is 0 Å². The third kappa shape index (κ3) is 3.08. The van der Waals surface area contributed by atoms with Gasteiger partial charge in [-0.05, 0) is 25.1 Å². The Morgan fingerprint density at radius 3 is 2.40 bits per heavy atom. The first kappa shape index (κ1) is 14.8. The molecule has 2 N–H and O–H groups in total. The van der Waals surface area contributed by atoms with E-state index in [1.54, 1.807) is 25.1 Å². The molecule has 0 amide bonds. The topological polar surface area (TPSA) is 32.3 Å². The molecule has 0 saturated carbocycles. The Hall–Kier alpha value is -1.65. The molecule has 0 radical (unpaired) electrons.